The summed E-state index contributed by atoms with van der Waals surface area (Å²) in [5.41, 5.74) is 0. The van der Waals surface area contributed by atoms with E-state index in [-0.39, 0.29) is 0 Å². The molecule has 0 aromatic heterocycles. The van der Waals surface area contributed by atoms with Crippen molar-refractivity contribution in [3.8, 4) is 0 Å². The van der Waals surface area contributed by atoms with Gasteiger partial charge in [-0.05, 0) is 51.1 Å². The summed E-state index contributed by atoms with van der Waals surface area (Å²) in [7, 11) is 4.38. The Hall–Kier alpha value is -0.0800. The van der Waals surface area contributed by atoms with Gasteiger partial charge in [0.15, 0.2) is 0 Å². The van der Waals surface area contributed by atoms with E-state index >= 15 is 0 Å². The van der Waals surface area contributed by atoms with E-state index in [1.54, 1.807) is 0 Å². The number of rotatable bonds is 5. The molecule has 2 aliphatic rings. The zero-order valence-electron chi connectivity index (χ0n) is 13.5. The van der Waals surface area contributed by atoms with Crippen molar-refractivity contribution in [3.63, 3.8) is 0 Å². The summed E-state index contributed by atoms with van der Waals surface area (Å²) < 4.78 is 0. The van der Waals surface area contributed by atoms with Gasteiger partial charge in [-0.3, -0.25) is 0 Å². The monoisotopic (exact) mass is 266 g/mol. The van der Waals surface area contributed by atoms with Crippen molar-refractivity contribution in [1.29, 1.82) is 0 Å². The second-order valence-electron chi connectivity index (χ2n) is 7.59. The average molecular weight is 266 g/mol. The lowest BCUT2D eigenvalue weighted by Gasteiger charge is -2.41. The van der Waals surface area contributed by atoms with Crippen molar-refractivity contribution >= 4 is 0 Å². The van der Waals surface area contributed by atoms with Gasteiger partial charge in [0.25, 0.3) is 0 Å². The first-order valence-electron chi connectivity index (χ1n) is 8.47. The van der Waals surface area contributed by atoms with E-state index < -0.39 is 0 Å². The van der Waals surface area contributed by atoms with Gasteiger partial charge in [0, 0.05) is 18.6 Å². The first kappa shape index (κ1) is 15.3. The molecule has 0 amide bonds. The van der Waals surface area contributed by atoms with Crippen molar-refractivity contribution < 1.29 is 0 Å². The van der Waals surface area contributed by atoms with Gasteiger partial charge in [0.05, 0.1) is 0 Å². The SMILES string of the molecule is CC(C)C(CN(C)C)NC1CCC2CCCCC2C1. The molecule has 0 aromatic carbocycles. The third kappa shape index (κ3) is 4.46. The fraction of sp³-hybridized carbons (Fsp3) is 1.00. The number of hydrogen-bond acceptors (Lipinski definition) is 2. The van der Waals surface area contributed by atoms with Gasteiger partial charge in [-0.25, -0.2) is 0 Å². The van der Waals surface area contributed by atoms with Crippen molar-refractivity contribution in [2.75, 3.05) is 20.6 Å². The van der Waals surface area contributed by atoms with Gasteiger partial charge >= 0.3 is 0 Å². The lowest BCUT2D eigenvalue weighted by molar-refractivity contribution is 0.130. The maximum atomic E-state index is 3.98. The van der Waals surface area contributed by atoms with Crippen molar-refractivity contribution in [3.05, 3.63) is 0 Å². The van der Waals surface area contributed by atoms with Crippen LogP contribution in [0.25, 0.3) is 0 Å². The molecule has 4 unspecified atom stereocenters. The van der Waals surface area contributed by atoms with Gasteiger partial charge in [0.2, 0.25) is 0 Å². The molecule has 2 saturated carbocycles. The van der Waals surface area contributed by atoms with Crippen LogP contribution in [-0.2, 0) is 0 Å². The Balaban J connectivity index is 1.84. The fourth-order valence-electron chi connectivity index (χ4n) is 4.18. The highest BCUT2D eigenvalue weighted by Gasteiger charge is 2.33. The zero-order chi connectivity index (χ0) is 13.8. The summed E-state index contributed by atoms with van der Waals surface area (Å²) >= 11 is 0. The molecular formula is C17H34N2. The van der Waals surface area contributed by atoms with Crippen molar-refractivity contribution in [2.24, 2.45) is 17.8 Å². The molecule has 2 nitrogen and oxygen atoms in total. The third-order valence-corrected chi connectivity index (χ3v) is 5.36. The molecule has 0 spiro atoms. The minimum Gasteiger partial charge on any atom is -0.310 e. The first-order chi connectivity index (χ1) is 9.06. The molecule has 112 valence electrons. The molecule has 0 saturated heterocycles. The largest absolute Gasteiger partial charge is 0.310 e. The summed E-state index contributed by atoms with van der Waals surface area (Å²) in [4.78, 5) is 2.32. The van der Waals surface area contributed by atoms with Crippen LogP contribution in [0.4, 0.5) is 0 Å². The molecule has 0 heterocycles. The van der Waals surface area contributed by atoms with Crippen LogP contribution in [0.1, 0.15) is 58.8 Å². The molecule has 4 atom stereocenters. The molecule has 0 bridgehead atoms. The van der Waals surface area contributed by atoms with Crippen molar-refractivity contribution in [1.82, 2.24) is 10.2 Å². The maximum Gasteiger partial charge on any atom is 0.0220 e. The van der Waals surface area contributed by atoms with E-state index in [1.807, 2.05) is 0 Å². The molecule has 2 fully saturated rings. The van der Waals surface area contributed by atoms with E-state index in [4.69, 9.17) is 0 Å². The normalized spacial score (nSPS) is 33.5. The standard InChI is InChI=1S/C17H34N2/c1-13(2)17(12-19(3)4)18-16-10-9-14-7-5-6-8-15(14)11-16/h13-18H,5-12H2,1-4H3. The topological polar surface area (TPSA) is 15.3 Å². The third-order valence-electron chi connectivity index (χ3n) is 5.36. The average Bonchev–Trinajstić information content (AvgIpc) is 2.37. The highest BCUT2D eigenvalue weighted by atomic mass is 15.1. The van der Waals surface area contributed by atoms with Crippen LogP contribution >= 0.6 is 0 Å². The Morgan fingerprint density at radius 2 is 1.68 bits per heavy atom. The van der Waals surface area contributed by atoms with Gasteiger partial charge in [-0.1, -0.05) is 39.5 Å². The number of nitrogens with zero attached hydrogens (tertiary/aromatic N) is 1. The van der Waals surface area contributed by atoms with Crippen LogP contribution in [0, 0.1) is 17.8 Å². The minimum atomic E-state index is 0.653. The van der Waals surface area contributed by atoms with Gasteiger partial charge in [0.1, 0.15) is 0 Å². The summed E-state index contributed by atoms with van der Waals surface area (Å²) in [5, 5.41) is 3.98. The van der Waals surface area contributed by atoms with E-state index in [1.165, 1.54) is 51.5 Å². The quantitative estimate of drug-likeness (QED) is 0.819. The number of hydrogen-bond donors (Lipinski definition) is 1. The van der Waals surface area contributed by atoms with Crippen LogP contribution in [0.15, 0.2) is 0 Å². The predicted octanol–water partition coefficient (Wildman–Crippen LogP) is 3.52. The first-order valence-corrected chi connectivity index (χ1v) is 8.47. The Labute approximate surface area is 120 Å². The molecule has 2 heteroatoms. The van der Waals surface area contributed by atoms with Crippen LogP contribution in [0.3, 0.4) is 0 Å². The Kier molecular flexibility index (Phi) is 5.70. The van der Waals surface area contributed by atoms with E-state index in [0.717, 1.165) is 23.8 Å². The Bertz CT molecular complexity index is 262. The van der Waals surface area contributed by atoms with Crippen LogP contribution < -0.4 is 5.32 Å². The highest BCUT2D eigenvalue weighted by molar-refractivity contribution is 4.88. The second kappa shape index (κ2) is 7.08. The van der Waals surface area contributed by atoms with Gasteiger partial charge in [-0.15, -0.1) is 0 Å². The lowest BCUT2D eigenvalue weighted by atomic mass is 9.69. The molecule has 2 aliphatic carbocycles. The van der Waals surface area contributed by atoms with Crippen molar-refractivity contribution in [2.45, 2.75) is 70.9 Å². The lowest BCUT2D eigenvalue weighted by Crippen LogP contribution is -2.49. The molecule has 2 rings (SSSR count). The number of fused-ring (bicyclic) bond motifs is 1. The van der Waals surface area contributed by atoms with Gasteiger partial charge in [-0.2, -0.15) is 0 Å². The highest BCUT2D eigenvalue weighted by Crippen LogP contribution is 2.40. The summed E-state index contributed by atoms with van der Waals surface area (Å²) in [6.07, 6.45) is 10.3. The zero-order valence-corrected chi connectivity index (χ0v) is 13.5. The summed E-state index contributed by atoms with van der Waals surface area (Å²) in [5.74, 6) is 2.83. The smallest absolute Gasteiger partial charge is 0.0220 e. The maximum absolute atomic E-state index is 3.98. The van der Waals surface area contributed by atoms with E-state index in [0.29, 0.717) is 6.04 Å². The molecule has 19 heavy (non-hydrogen) atoms. The van der Waals surface area contributed by atoms with E-state index in [9.17, 15) is 0 Å². The second-order valence-corrected chi connectivity index (χ2v) is 7.59. The van der Waals surface area contributed by atoms with Gasteiger partial charge < -0.3 is 10.2 Å². The Morgan fingerprint density at radius 3 is 2.32 bits per heavy atom. The number of likely N-dealkylation sites (N-methyl/N-ethyl adjacent to an activating group) is 1. The summed E-state index contributed by atoms with van der Waals surface area (Å²) in [6.45, 7) is 5.88. The number of nitrogens with one attached hydrogen (secondary N) is 1. The molecule has 0 aromatic rings. The summed E-state index contributed by atoms with van der Waals surface area (Å²) in [6, 6.07) is 1.44. The predicted molar refractivity (Wildman–Crippen MR) is 83.4 cm³/mol. The minimum absolute atomic E-state index is 0.653. The Morgan fingerprint density at radius 1 is 1.00 bits per heavy atom. The molecule has 0 radical (unpaired) electrons. The van der Waals surface area contributed by atoms with E-state index in [2.05, 4.69) is 38.2 Å². The molecular weight excluding hydrogens is 232 g/mol. The van der Waals surface area contributed by atoms with Crippen LogP contribution in [-0.4, -0.2) is 37.6 Å². The van der Waals surface area contributed by atoms with Crippen LogP contribution in [0.2, 0.25) is 0 Å². The van der Waals surface area contributed by atoms with Crippen LogP contribution in [0.5, 0.6) is 0 Å². The molecule has 0 aliphatic heterocycles. The molecule has 1 N–H and O–H groups in total. The fourth-order valence-corrected chi connectivity index (χ4v) is 4.18.